The minimum atomic E-state index is -0.497. The summed E-state index contributed by atoms with van der Waals surface area (Å²) in [6.45, 7) is 2.68. The van der Waals surface area contributed by atoms with E-state index < -0.39 is 6.10 Å². The fourth-order valence-electron chi connectivity index (χ4n) is 2.68. The van der Waals surface area contributed by atoms with Gasteiger partial charge in [-0.05, 0) is 31.9 Å². The van der Waals surface area contributed by atoms with Crippen LogP contribution in [0.15, 0.2) is 24.3 Å². The van der Waals surface area contributed by atoms with Gasteiger partial charge in [0.15, 0.2) is 0 Å². The molecule has 7 heteroatoms. The van der Waals surface area contributed by atoms with E-state index in [0.29, 0.717) is 30.9 Å². The number of nitrogens with two attached hydrogens (primary N) is 1. The molecule has 0 bridgehead atoms. The number of nitrogens with one attached hydrogen (secondary N) is 1. The van der Waals surface area contributed by atoms with Crippen LogP contribution in [0.3, 0.4) is 0 Å². The third-order valence-corrected chi connectivity index (χ3v) is 4.03. The van der Waals surface area contributed by atoms with Gasteiger partial charge in [0, 0.05) is 24.8 Å². The summed E-state index contributed by atoms with van der Waals surface area (Å²) in [4.78, 5) is 26.2. The topological polar surface area (TPSA) is 93.9 Å². The lowest BCUT2D eigenvalue weighted by molar-refractivity contribution is -0.144. The van der Waals surface area contributed by atoms with Crippen LogP contribution < -0.4 is 15.8 Å². The molecule has 0 aromatic heterocycles. The SMILES string of the molecule is CCN(CC(=O)Nc1cccc(OC)c1)C(=O)[C@@H]1CC[C@H](CN)O1. The van der Waals surface area contributed by atoms with Crippen molar-refractivity contribution in [2.45, 2.75) is 32.0 Å². The predicted molar refractivity (Wildman–Crippen MR) is 90.8 cm³/mol. The summed E-state index contributed by atoms with van der Waals surface area (Å²) in [6.07, 6.45) is 0.862. The molecular formula is C17H25N3O4. The maximum Gasteiger partial charge on any atom is 0.252 e. The van der Waals surface area contributed by atoms with Crippen molar-refractivity contribution in [3.8, 4) is 5.75 Å². The zero-order valence-electron chi connectivity index (χ0n) is 14.2. The van der Waals surface area contributed by atoms with Gasteiger partial charge in [-0.3, -0.25) is 9.59 Å². The zero-order chi connectivity index (χ0) is 17.5. The summed E-state index contributed by atoms with van der Waals surface area (Å²) in [6, 6.07) is 7.08. The van der Waals surface area contributed by atoms with E-state index in [4.69, 9.17) is 15.2 Å². The summed E-state index contributed by atoms with van der Waals surface area (Å²) in [5.41, 5.74) is 6.20. The number of ether oxygens (including phenoxy) is 2. The van der Waals surface area contributed by atoms with E-state index in [9.17, 15) is 9.59 Å². The highest BCUT2D eigenvalue weighted by Gasteiger charge is 2.33. The Hall–Kier alpha value is -2.12. The van der Waals surface area contributed by atoms with E-state index in [0.717, 1.165) is 6.42 Å². The number of benzene rings is 1. The van der Waals surface area contributed by atoms with E-state index in [1.54, 1.807) is 31.4 Å². The smallest absolute Gasteiger partial charge is 0.252 e. The summed E-state index contributed by atoms with van der Waals surface area (Å²) >= 11 is 0. The predicted octanol–water partition coefficient (Wildman–Crippen LogP) is 0.989. The largest absolute Gasteiger partial charge is 0.497 e. The highest BCUT2D eigenvalue weighted by atomic mass is 16.5. The summed E-state index contributed by atoms with van der Waals surface area (Å²) in [5.74, 6) is 0.240. The van der Waals surface area contributed by atoms with Crippen LogP contribution in [-0.4, -0.2) is 55.7 Å². The number of carbonyl (C=O) groups is 2. The molecule has 1 aromatic rings. The Morgan fingerprint density at radius 2 is 2.21 bits per heavy atom. The molecule has 24 heavy (non-hydrogen) atoms. The first kappa shape index (κ1) is 18.2. The van der Waals surface area contributed by atoms with Gasteiger partial charge in [-0.25, -0.2) is 0 Å². The van der Waals surface area contributed by atoms with E-state index in [1.807, 2.05) is 6.92 Å². The van der Waals surface area contributed by atoms with Crippen LogP contribution in [0.5, 0.6) is 5.75 Å². The van der Waals surface area contributed by atoms with E-state index in [-0.39, 0.29) is 24.5 Å². The highest BCUT2D eigenvalue weighted by molar-refractivity contribution is 5.95. The van der Waals surface area contributed by atoms with Crippen molar-refractivity contribution in [3.05, 3.63) is 24.3 Å². The van der Waals surface area contributed by atoms with Crippen LogP contribution in [-0.2, 0) is 14.3 Å². The van der Waals surface area contributed by atoms with Gasteiger partial charge in [-0.15, -0.1) is 0 Å². The molecule has 1 heterocycles. The third kappa shape index (κ3) is 4.69. The molecule has 1 aliphatic heterocycles. The van der Waals surface area contributed by atoms with Crippen LogP contribution in [0, 0.1) is 0 Å². The molecule has 7 nitrogen and oxygen atoms in total. The molecule has 0 saturated carbocycles. The van der Waals surface area contributed by atoms with Crippen molar-refractivity contribution in [1.29, 1.82) is 0 Å². The van der Waals surface area contributed by atoms with Crippen molar-refractivity contribution >= 4 is 17.5 Å². The van der Waals surface area contributed by atoms with Crippen LogP contribution in [0.2, 0.25) is 0 Å². The fraction of sp³-hybridized carbons (Fsp3) is 0.529. The second-order valence-electron chi connectivity index (χ2n) is 5.69. The van der Waals surface area contributed by atoms with E-state index in [2.05, 4.69) is 5.32 Å². The van der Waals surface area contributed by atoms with Gasteiger partial charge in [-0.2, -0.15) is 0 Å². The molecule has 1 saturated heterocycles. The lowest BCUT2D eigenvalue weighted by Crippen LogP contribution is -2.43. The molecule has 132 valence electrons. The number of hydrogen-bond donors (Lipinski definition) is 2. The molecule has 1 aromatic carbocycles. The third-order valence-electron chi connectivity index (χ3n) is 4.03. The van der Waals surface area contributed by atoms with Crippen molar-refractivity contribution in [3.63, 3.8) is 0 Å². The molecular weight excluding hydrogens is 310 g/mol. The summed E-state index contributed by atoms with van der Waals surface area (Å²) < 4.78 is 10.7. The Labute approximate surface area is 142 Å². The Morgan fingerprint density at radius 3 is 2.83 bits per heavy atom. The van der Waals surface area contributed by atoms with Crippen molar-refractivity contribution in [2.24, 2.45) is 5.73 Å². The summed E-state index contributed by atoms with van der Waals surface area (Å²) in [5, 5.41) is 2.77. The number of nitrogens with zero attached hydrogens (tertiary/aromatic N) is 1. The van der Waals surface area contributed by atoms with E-state index in [1.165, 1.54) is 4.90 Å². The van der Waals surface area contributed by atoms with Crippen LogP contribution in [0.1, 0.15) is 19.8 Å². The van der Waals surface area contributed by atoms with Crippen molar-refractivity contribution in [2.75, 3.05) is 32.1 Å². The first-order valence-electron chi connectivity index (χ1n) is 8.15. The summed E-state index contributed by atoms with van der Waals surface area (Å²) in [7, 11) is 1.56. The number of anilines is 1. The Morgan fingerprint density at radius 1 is 1.42 bits per heavy atom. The highest BCUT2D eigenvalue weighted by Crippen LogP contribution is 2.21. The van der Waals surface area contributed by atoms with Crippen LogP contribution >= 0.6 is 0 Å². The average molecular weight is 335 g/mol. The lowest BCUT2D eigenvalue weighted by atomic mass is 10.2. The molecule has 0 unspecified atom stereocenters. The quantitative estimate of drug-likeness (QED) is 0.775. The number of methoxy groups -OCH3 is 1. The number of likely N-dealkylation sites (N-methyl/N-ethyl adjacent to an activating group) is 1. The van der Waals surface area contributed by atoms with Gasteiger partial charge in [0.25, 0.3) is 5.91 Å². The zero-order valence-corrected chi connectivity index (χ0v) is 14.2. The molecule has 0 spiro atoms. The molecule has 0 radical (unpaired) electrons. The van der Waals surface area contributed by atoms with Crippen molar-refractivity contribution in [1.82, 2.24) is 4.90 Å². The lowest BCUT2D eigenvalue weighted by Gasteiger charge is -2.23. The van der Waals surface area contributed by atoms with Gasteiger partial charge in [-0.1, -0.05) is 6.07 Å². The van der Waals surface area contributed by atoms with Gasteiger partial charge >= 0.3 is 0 Å². The maximum atomic E-state index is 12.5. The molecule has 2 atom stereocenters. The minimum Gasteiger partial charge on any atom is -0.497 e. The van der Waals surface area contributed by atoms with Crippen LogP contribution in [0.4, 0.5) is 5.69 Å². The van der Waals surface area contributed by atoms with Gasteiger partial charge < -0.3 is 25.4 Å². The Balaban J connectivity index is 1.91. The number of rotatable bonds is 7. The van der Waals surface area contributed by atoms with Gasteiger partial charge in [0.1, 0.15) is 11.9 Å². The number of carbonyl (C=O) groups excluding carboxylic acids is 2. The molecule has 2 rings (SSSR count). The molecule has 1 fully saturated rings. The molecule has 0 aliphatic carbocycles. The Bertz CT molecular complexity index is 579. The van der Waals surface area contributed by atoms with Gasteiger partial charge in [0.2, 0.25) is 5.91 Å². The molecule has 2 amide bonds. The monoisotopic (exact) mass is 335 g/mol. The molecule has 1 aliphatic rings. The van der Waals surface area contributed by atoms with Crippen LogP contribution in [0.25, 0.3) is 0 Å². The number of amides is 2. The minimum absolute atomic E-state index is 0.0142. The van der Waals surface area contributed by atoms with Gasteiger partial charge in [0.05, 0.1) is 19.8 Å². The molecule has 3 N–H and O–H groups in total. The Kier molecular flexibility index (Phi) is 6.57. The maximum absolute atomic E-state index is 12.5. The van der Waals surface area contributed by atoms with Crippen molar-refractivity contribution < 1.29 is 19.1 Å². The number of hydrogen-bond acceptors (Lipinski definition) is 5. The second kappa shape index (κ2) is 8.65. The first-order valence-corrected chi connectivity index (χ1v) is 8.15. The standard InChI is InChI=1S/C17H25N3O4/c1-3-20(17(22)15-8-7-14(10-18)24-15)11-16(21)19-12-5-4-6-13(9-12)23-2/h4-6,9,14-15H,3,7-8,10-11,18H2,1-2H3,(H,19,21)/t14-,15+/m1/s1. The first-order chi connectivity index (χ1) is 11.6. The average Bonchev–Trinajstić information content (AvgIpc) is 3.08. The second-order valence-corrected chi connectivity index (χ2v) is 5.69. The fourth-order valence-corrected chi connectivity index (χ4v) is 2.68. The van der Waals surface area contributed by atoms with E-state index >= 15 is 0 Å². The normalized spacial score (nSPS) is 19.8.